The molecule has 2 rings (SSSR count). The second-order valence-electron chi connectivity index (χ2n) is 5.06. The molecule has 1 aromatic heterocycles. The van der Waals surface area contributed by atoms with Crippen LogP contribution in [0.15, 0.2) is 10.5 Å². The monoisotopic (exact) mass is 252 g/mol. The fraction of sp³-hybridized carbons (Fsp3) is 0.615. The maximum absolute atomic E-state index is 11.4. The molecule has 1 saturated heterocycles. The van der Waals surface area contributed by atoms with E-state index >= 15 is 0 Å². The van der Waals surface area contributed by atoms with E-state index in [1.54, 1.807) is 0 Å². The number of carbonyl (C=O) groups excluding carboxylic acids is 1. The Balaban J connectivity index is 2.00. The van der Waals surface area contributed by atoms with Crippen molar-refractivity contribution in [3.8, 4) is 0 Å². The minimum atomic E-state index is -0.424. The van der Waals surface area contributed by atoms with E-state index in [4.69, 9.17) is 4.42 Å². The van der Waals surface area contributed by atoms with Crippen LogP contribution in [0.5, 0.6) is 0 Å². The fourth-order valence-corrected chi connectivity index (χ4v) is 2.20. The molecular formula is C13H20N2O3. The molecule has 0 spiro atoms. The van der Waals surface area contributed by atoms with E-state index in [2.05, 4.69) is 22.3 Å². The lowest BCUT2D eigenvalue weighted by Gasteiger charge is -2.23. The Morgan fingerprint density at radius 1 is 1.67 bits per heavy atom. The molecular weight excluding hydrogens is 232 g/mol. The van der Waals surface area contributed by atoms with Crippen LogP contribution in [0.4, 0.5) is 0 Å². The quantitative estimate of drug-likeness (QED) is 0.789. The Morgan fingerprint density at radius 2 is 2.44 bits per heavy atom. The zero-order valence-electron chi connectivity index (χ0n) is 11.1. The van der Waals surface area contributed by atoms with Gasteiger partial charge in [0.25, 0.3) is 0 Å². The third-order valence-corrected chi connectivity index (χ3v) is 3.40. The number of aryl methyl sites for hydroxylation is 1. The van der Waals surface area contributed by atoms with Gasteiger partial charge >= 0.3 is 5.97 Å². The standard InChI is InChI=1S/C13H20N2O3/c1-9-6-10(18-11(9)12(16)17-3)7-15-13(2)4-5-14-8-13/h6,14-15H,4-5,7-8H2,1-3H3. The molecule has 18 heavy (non-hydrogen) atoms. The summed E-state index contributed by atoms with van der Waals surface area (Å²) in [6.07, 6.45) is 1.09. The Morgan fingerprint density at radius 3 is 3.06 bits per heavy atom. The van der Waals surface area contributed by atoms with Crippen molar-refractivity contribution in [3.05, 3.63) is 23.2 Å². The molecule has 5 heteroatoms. The molecule has 0 bridgehead atoms. The van der Waals surface area contributed by atoms with Crippen LogP contribution in [-0.4, -0.2) is 31.7 Å². The van der Waals surface area contributed by atoms with Crippen molar-refractivity contribution in [2.45, 2.75) is 32.4 Å². The van der Waals surface area contributed by atoms with Crippen LogP contribution in [0.3, 0.4) is 0 Å². The van der Waals surface area contributed by atoms with Gasteiger partial charge in [-0.1, -0.05) is 0 Å². The van der Waals surface area contributed by atoms with Gasteiger partial charge < -0.3 is 19.8 Å². The third-order valence-electron chi connectivity index (χ3n) is 3.40. The molecule has 1 unspecified atom stereocenters. The fourth-order valence-electron chi connectivity index (χ4n) is 2.20. The first-order chi connectivity index (χ1) is 8.54. The molecule has 5 nitrogen and oxygen atoms in total. The zero-order chi connectivity index (χ0) is 13.2. The normalized spacial score (nSPS) is 23.3. The lowest BCUT2D eigenvalue weighted by molar-refractivity contribution is 0.0561. The third kappa shape index (κ3) is 2.73. The summed E-state index contributed by atoms with van der Waals surface area (Å²) in [5.74, 6) is 0.637. The summed E-state index contributed by atoms with van der Waals surface area (Å²) in [7, 11) is 1.35. The highest BCUT2D eigenvalue weighted by Crippen LogP contribution is 2.18. The van der Waals surface area contributed by atoms with Gasteiger partial charge in [0.15, 0.2) is 0 Å². The van der Waals surface area contributed by atoms with Crippen molar-refractivity contribution in [1.82, 2.24) is 10.6 Å². The van der Waals surface area contributed by atoms with Gasteiger partial charge in [-0.05, 0) is 32.9 Å². The lowest BCUT2D eigenvalue weighted by atomic mass is 10.0. The second kappa shape index (κ2) is 5.12. The molecule has 0 aliphatic carbocycles. The topological polar surface area (TPSA) is 63.5 Å². The van der Waals surface area contributed by atoms with Gasteiger partial charge in [-0.25, -0.2) is 4.79 Å². The number of furan rings is 1. The lowest BCUT2D eigenvalue weighted by Crippen LogP contribution is -2.43. The number of rotatable bonds is 4. The van der Waals surface area contributed by atoms with E-state index in [1.165, 1.54) is 7.11 Å². The summed E-state index contributed by atoms with van der Waals surface area (Å²) in [5.41, 5.74) is 0.917. The van der Waals surface area contributed by atoms with Gasteiger partial charge in [0.2, 0.25) is 5.76 Å². The van der Waals surface area contributed by atoms with Crippen molar-refractivity contribution < 1.29 is 13.9 Å². The largest absolute Gasteiger partial charge is 0.463 e. The first-order valence-electron chi connectivity index (χ1n) is 6.17. The van der Waals surface area contributed by atoms with E-state index in [9.17, 15) is 4.79 Å². The summed E-state index contributed by atoms with van der Waals surface area (Å²) in [6.45, 7) is 6.64. The molecule has 2 N–H and O–H groups in total. The van der Waals surface area contributed by atoms with Crippen molar-refractivity contribution in [3.63, 3.8) is 0 Å². The molecule has 0 radical (unpaired) electrons. The van der Waals surface area contributed by atoms with Crippen molar-refractivity contribution in [2.75, 3.05) is 20.2 Å². The molecule has 0 aromatic carbocycles. The predicted octanol–water partition coefficient (Wildman–Crippen LogP) is 1.22. The molecule has 0 saturated carbocycles. The summed E-state index contributed by atoms with van der Waals surface area (Å²) in [5, 5.41) is 6.79. The average molecular weight is 252 g/mol. The molecule has 1 atom stereocenters. The van der Waals surface area contributed by atoms with Gasteiger partial charge in [0, 0.05) is 17.6 Å². The van der Waals surface area contributed by atoms with Gasteiger partial charge in [-0.3, -0.25) is 0 Å². The molecule has 1 aliphatic heterocycles. The molecule has 1 aliphatic rings. The minimum absolute atomic E-state index is 0.103. The molecule has 1 aromatic rings. The minimum Gasteiger partial charge on any atom is -0.463 e. The number of hydrogen-bond donors (Lipinski definition) is 2. The smallest absolute Gasteiger partial charge is 0.374 e. The van der Waals surface area contributed by atoms with Gasteiger partial charge in [0.05, 0.1) is 13.7 Å². The van der Waals surface area contributed by atoms with Crippen LogP contribution in [0.2, 0.25) is 0 Å². The van der Waals surface area contributed by atoms with Crippen molar-refractivity contribution >= 4 is 5.97 Å². The Kier molecular flexibility index (Phi) is 3.73. The van der Waals surface area contributed by atoms with Crippen molar-refractivity contribution in [2.24, 2.45) is 0 Å². The molecule has 100 valence electrons. The Hall–Kier alpha value is -1.33. The van der Waals surface area contributed by atoms with E-state index in [-0.39, 0.29) is 5.54 Å². The number of hydrogen-bond acceptors (Lipinski definition) is 5. The summed E-state index contributed by atoms with van der Waals surface area (Å²) >= 11 is 0. The second-order valence-corrected chi connectivity index (χ2v) is 5.06. The SMILES string of the molecule is COC(=O)c1oc(CNC2(C)CCNC2)cc1C. The van der Waals surface area contributed by atoms with E-state index in [0.29, 0.717) is 12.3 Å². The summed E-state index contributed by atoms with van der Waals surface area (Å²) in [6, 6.07) is 1.88. The van der Waals surface area contributed by atoms with Gasteiger partial charge in [0.1, 0.15) is 5.76 Å². The first kappa shape index (κ1) is 13.1. The Labute approximate surface area is 107 Å². The highest BCUT2D eigenvalue weighted by atomic mass is 16.5. The number of nitrogens with one attached hydrogen (secondary N) is 2. The predicted molar refractivity (Wildman–Crippen MR) is 67.5 cm³/mol. The summed E-state index contributed by atoms with van der Waals surface area (Å²) in [4.78, 5) is 11.4. The average Bonchev–Trinajstić information content (AvgIpc) is 2.93. The maximum atomic E-state index is 11.4. The van der Waals surface area contributed by atoms with Gasteiger partial charge in [-0.2, -0.15) is 0 Å². The van der Waals surface area contributed by atoms with E-state index in [1.807, 2.05) is 13.0 Å². The van der Waals surface area contributed by atoms with E-state index in [0.717, 1.165) is 30.8 Å². The van der Waals surface area contributed by atoms with Crippen LogP contribution in [-0.2, 0) is 11.3 Å². The van der Waals surface area contributed by atoms with Crippen LogP contribution in [0.25, 0.3) is 0 Å². The van der Waals surface area contributed by atoms with E-state index < -0.39 is 5.97 Å². The summed E-state index contributed by atoms with van der Waals surface area (Å²) < 4.78 is 10.2. The highest BCUT2D eigenvalue weighted by Gasteiger charge is 2.28. The highest BCUT2D eigenvalue weighted by molar-refractivity contribution is 5.87. The van der Waals surface area contributed by atoms with Crippen LogP contribution >= 0.6 is 0 Å². The van der Waals surface area contributed by atoms with Gasteiger partial charge in [-0.15, -0.1) is 0 Å². The Bertz CT molecular complexity index is 433. The molecule has 0 amide bonds. The van der Waals surface area contributed by atoms with Crippen LogP contribution in [0.1, 0.15) is 35.2 Å². The number of methoxy groups -OCH3 is 1. The number of ether oxygens (including phenoxy) is 1. The maximum Gasteiger partial charge on any atom is 0.374 e. The zero-order valence-corrected chi connectivity index (χ0v) is 11.1. The van der Waals surface area contributed by atoms with Crippen LogP contribution < -0.4 is 10.6 Å². The molecule has 1 fully saturated rings. The number of esters is 1. The number of carbonyl (C=O) groups is 1. The van der Waals surface area contributed by atoms with Crippen molar-refractivity contribution in [1.29, 1.82) is 0 Å². The first-order valence-corrected chi connectivity index (χ1v) is 6.17. The van der Waals surface area contributed by atoms with Crippen LogP contribution in [0, 0.1) is 6.92 Å². The molecule has 2 heterocycles.